The first kappa shape index (κ1) is 14.4. The maximum atomic E-state index is 11.4. The lowest BCUT2D eigenvalue weighted by Gasteiger charge is -2.35. The second-order valence-electron chi connectivity index (χ2n) is 5.41. The Morgan fingerprint density at radius 1 is 1.23 bits per heavy atom. The zero-order chi connectivity index (χ0) is 15.7. The lowest BCUT2D eigenvalue weighted by molar-refractivity contribution is -0.129. The largest absolute Gasteiger partial charge is 0.496 e. The van der Waals surface area contributed by atoms with E-state index in [0.717, 1.165) is 35.4 Å². The Morgan fingerprint density at radius 2 is 1.95 bits per heavy atom. The molecule has 1 aromatic carbocycles. The van der Waals surface area contributed by atoms with E-state index in [2.05, 4.69) is 9.88 Å². The third-order valence-corrected chi connectivity index (χ3v) is 4.14. The van der Waals surface area contributed by atoms with Crippen LogP contribution >= 0.6 is 0 Å². The molecule has 1 saturated heterocycles. The number of anilines is 2. The van der Waals surface area contributed by atoms with E-state index in [1.54, 1.807) is 20.2 Å². The molecule has 0 radical (unpaired) electrons. The van der Waals surface area contributed by atoms with Gasteiger partial charge in [0, 0.05) is 50.4 Å². The van der Waals surface area contributed by atoms with E-state index in [4.69, 9.17) is 10.5 Å². The zero-order valence-corrected chi connectivity index (χ0v) is 12.9. The fourth-order valence-electron chi connectivity index (χ4n) is 2.93. The van der Waals surface area contributed by atoms with Crippen molar-refractivity contribution in [1.82, 2.24) is 9.88 Å². The van der Waals surface area contributed by atoms with Crippen LogP contribution in [0.25, 0.3) is 10.8 Å². The molecule has 116 valence electrons. The van der Waals surface area contributed by atoms with Crippen molar-refractivity contribution in [3.8, 4) is 5.75 Å². The monoisotopic (exact) mass is 300 g/mol. The van der Waals surface area contributed by atoms with Gasteiger partial charge in [-0.25, -0.2) is 4.98 Å². The van der Waals surface area contributed by atoms with Crippen LogP contribution in [0.1, 0.15) is 6.92 Å². The minimum absolute atomic E-state index is 0.117. The molecule has 0 atom stereocenters. The Morgan fingerprint density at radius 3 is 2.59 bits per heavy atom. The van der Waals surface area contributed by atoms with Gasteiger partial charge in [-0.1, -0.05) is 0 Å². The second-order valence-corrected chi connectivity index (χ2v) is 5.41. The van der Waals surface area contributed by atoms with Gasteiger partial charge in [-0.05, 0) is 18.2 Å². The molecule has 3 rings (SSSR count). The zero-order valence-electron chi connectivity index (χ0n) is 12.9. The van der Waals surface area contributed by atoms with E-state index in [0.29, 0.717) is 18.8 Å². The number of ether oxygens (including phenoxy) is 1. The number of nitrogens with two attached hydrogens (primary N) is 1. The summed E-state index contributed by atoms with van der Waals surface area (Å²) in [4.78, 5) is 20.0. The van der Waals surface area contributed by atoms with Crippen molar-refractivity contribution in [2.24, 2.45) is 0 Å². The van der Waals surface area contributed by atoms with Crippen molar-refractivity contribution in [2.75, 3.05) is 43.9 Å². The number of amides is 1. The van der Waals surface area contributed by atoms with E-state index < -0.39 is 0 Å². The Kier molecular flexibility index (Phi) is 3.75. The third kappa shape index (κ3) is 2.41. The maximum absolute atomic E-state index is 11.4. The maximum Gasteiger partial charge on any atom is 0.219 e. The van der Waals surface area contributed by atoms with Crippen molar-refractivity contribution in [3.05, 3.63) is 24.4 Å². The van der Waals surface area contributed by atoms with Crippen LogP contribution in [-0.4, -0.2) is 49.1 Å². The van der Waals surface area contributed by atoms with E-state index in [-0.39, 0.29) is 5.91 Å². The summed E-state index contributed by atoms with van der Waals surface area (Å²) in [5.41, 5.74) is 6.86. The molecule has 1 amide bonds. The lowest BCUT2D eigenvalue weighted by Crippen LogP contribution is -2.48. The second kappa shape index (κ2) is 5.71. The van der Waals surface area contributed by atoms with Crippen LogP contribution in [0.4, 0.5) is 11.5 Å². The van der Waals surface area contributed by atoms with Gasteiger partial charge >= 0.3 is 0 Å². The molecular weight excluding hydrogens is 280 g/mol. The summed E-state index contributed by atoms with van der Waals surface area (Å²) in [5.74, 6) is 1.76. The topological polar surface area (TPSA) is 71.7 Å². The van der Waals surface area contributed by atoms with Gasteiger partial charge in [-0.2, -0.15) is 0 Å². The van der Waals surface area contributed by atoms with Crippen LogP contribution in [0.2, 0.25) is 0 Å². The number of carbonyl (C=O) groups is 1. The first-order valence-electron chi connectivity index (χ1n) is 7.33. The number of fused-ring (bicyclic) bond motifs is 1. The Hall–Kier alpha value is -2.50. The molecule has 6 heteroatoms. The minimum atomic E-state index is 0.117. The molecule has 1 aromatic heterocycles. The number of carbonyl (C=O) groups excluding carboxylic acids is 1. The van der Waals surface area contributed by atoms with Gasteiger partial charge in [-0.3, -0.25) is 4.79 Å². The van der Waals surface area contributed by atoms with E-state index in [9.17, 15) is 4.79 Å². The van der Waals surface area contributed by atoms with Crippen molar-refractivity contribution < 1.29 is 9.53 Å². The predicted octanol–water partition coefficient (Wildman–Crippen LogP) is 1.49. The molecule has 1 aliphatic rings. The fourth-order valence-corrected chi connectivity index (χ4v) is 2.93. The molecule has 0 saturated carbocycles. The van der Waals surface area contributed by atoms with Gasteiger partial charge < -0.3 is 20.3 Å². The summed E-state index contributed by atoms with van der Waals surface area (Å²) >= 11 is 0. The fraction of sp³-hybridized carbons (Fsp3) is 0.375. The van der Waals surface area contributed by atoms with E-state index in [1.807, 2.05) is 23.1 Å². The molecule has 0 unspecified atom stereocenters. The smallest absolute Gasteiger partial charge is 0.219 e. The molecule has 22 heavy (non-hydrogen) atoms. The van der Waals surface area contributed by atoms with Gasteiger partial charge in [0.25, 0.3) is 0 Å². The first-order chi connectivity index (χ1) is 10.6. The van der Waals surface area contributed by atoms with Crippen molar-refractivity contribution in [1.29, 1.82) is 0 Å². The summed E-state index contributed by atoms with van der Waals surface area (Å²) < 4.78 is 5.42. The van der Waals surface area contributed by atoms with Crippen LogP contribution in [0.5, 0.6) is 5.75 Å². The highest BCUT2D eigenvalue weighted by atomic mass is 16.5. The van der Waals surface area contributed by atoms with E-state index >= 15 is 0 Å². The average Bonchev–Trinajstić information content (AvgIpc) is 2.55. The molecule has 0 spiro atoms. The molecule has 2 heterocycles. The number of nitrogens with zero attached hydrogens (tertiary/aromatic N) is 3. The SMILES string of the molecule is COc1ccc(N)c2c(N3CCN(C(C)=O)CC3)nccc12. The van der Waals surface area contributed by atoms with Gasteiger partial charge in [-0.15, -0.1) is 0 Å². The molecule has 0 aliphatic carbocycles. The van der Waals surface area contributed by atoms with Crippen LogP contribution in [0, 0.1) is 0 Å². The number of hydrogen-bond acceptors (Lipinski definition) is 5. The van der Waals surface area contributed by atoms with Gasteiger partial charge in [0.1, 0.15) is 11.6 Å². The molecule has 6 nitrogen and oxygen atoms in total. The lowest BCUT2D eigenvalue weighted by atomic mass is 10.1. The summed E-state index contributed by atoms with van der Waals surface area (Å²) in [5, 5.41) is 1.87. The minimum Gasteiger partial charge on any atom is -0.496 e. The molecular formula is C16H20N4O2. The number of rotatable bonds is 2. The van der Waals surface area contributed by atoms with Crippen LogP contribution in [0.3, 0.4) is 0 Å². The summed E-state index contributed by atoms with van der Waals surface area (Å²) in [6.45, 7) is 4.52. The van der Waals surface area contributed by atoms with Crippen LogP contribution < -0.4 is 15.4 Å². The van der Waals surface area contributed by atoms with Crippen molar-refractivity contribution >= 4 is 28.2 Å². The Labute approximate surface area is 129 Å². The number of nitrogen functional groups attached to an aromatic ring is 1. The van der Waals surface area contributed by atoms with E-state index in [1.165, 1.54) is 0 Å². The van der Waals surface area contributed by atoms with Crippen molar-refractivity contribution in [2.45, 2.75) is 6.92 Å². The number of benzene rings is 1. The molecule has 2 N–H and O–H groups in total. The highest BCUT2D eigenvalue weighted by Crippen LogP contribution is 2.35. The van der Waals surface area contributed by atoms with Crippen LogP contribution in [-0.2, 0) is 4.79 Å². The summed E-state index contributed by atoms with van der Waals surface area (Å²) in [6.07, 6.45) is 1.77. The number of methoxy groups -OCH3 is 1. The standard InChI is InChI=1S/C16H20N4O2/c1-11(21)19-7-9-20(10-8-19)16-15-12(5-6-18-16)14(22-2)4-3-13(15)17/h3-6H,7-10,17H2,1-2H3. The van der Waals surface area contributed by atoms with Gasteiger partial charge in [0.2, 0.25) is 5.91 Å². The number of piperazine rings is 1. The molecule has 0 bridgehead atoms. The van der Waals surface area contributed by atoms with Crippen LogP contribution in [0.15, 0.2) is 24.4 Å². The highest BCUT2D eigenvalue weighted by Gasteiger charge is 2.22. The first-order valence-corrected chi connectivity index (χ1v) is 7.33. The predicted molar refractivity (Wildman–Crippen MR) is 87.2 cm³/mol. The Balaban J connectivity index is 2.00. The van der Waals surface area contributed by atoms with Gasteiger partial charge in [0.15, 0.2) is 0 Å². The normalized spacial score (nSPS) is 15.2. The molecule has 1 aliphatic heterocycles. The molecule has 1 fully saturated rings. The average molecular weight is 300 g/mol. The number of pyridine rings is 1. The summed E-state index contributed by atoms with van der Waals surface area (Å²) in [6, 6.07) is 5.63. The van der Waals surface area contributed by atoms with Crippen molar-refractivity contribution in [3.63, 3.8) is 0 Å². The number of hydrogen-bond donors (Lipinski definition) is 1. The Bertz CT molecular complexity index is 709. The summed E-state index contributed by atoms with van der Waals surface area (Å²) in [7, 11) is 1.65. The number of aromatic nitrogens is 1. The highest BCUT2D eigenvalue weighted by molar-refractivity contribution is 6.04. The quantitative estimate of drug-likeness (QED) is 0.851. The molecule has 2 aromatic rings. The van der Waals surface area contributed by atoms with Gasteiger partial charge in [0.05, 0.1) is 12.5 Å². The third-order valence-electron chi connectivity index (χ3n) is 4.14.